The van der Waals surface area contributed by atoms with E-state index in [1.165, 1.54) is 0 Å². The summed E-state index contributed by atoms with van der Waals surface area (Å²) in [6, 6.07) is 14.8. The second-order valence-electron chi connectivity index (χ2n) is 8.92. The van der Waals surface area contributed by atoms with Crippen LogP contribution in [0.2, 0.25) is 0 Å². The summed E-state index contributed by atoms with van der Waals surface area (Å²) in [6.07, 6.45) is 0.384. The lowest BCUT2D eigenvalue weighted by atomic mass is 9.98. The third kappa shape index (κ3) is 4.33. The van der Waals surface area contributed by atoms with Gasteiger partial charge in [-0.2, -0.15) is 0 Å². The summed E-state index contributed by atoms with van der Waals surface area (Å²) in [7, 11) is 0. The molecule has 4 rings (SSSR count). The number of carbonyl (C=O) groups excluding carboxylic acids is 2. The summed E-state index contributed by atoms with van der Waals surface area (Å²) in [4.78, 5) is 36.5. The molecular formula is C25H28N2O5. The molecule has 32 heavy (non-hydrogen) atoms. The van der Waals surface area contributed by atoms with Crippen LogP contribution in [0.25, 0.3) is 11.1 Å². The molecular weight excluding hydrogens is 408 g/mol. The molecule has 0 bridgehead atoms. The van der Waals surface area contributed by atoms with E-state index in [0.717, 1.165) is 35.1 Å². The Balaban J connectivity index is 1.42. The number of fused-ring (bicyclic) bond motifs is 3. The quantitative estimate of drug-likeness (QED) is 0.586. The van der Waals surface area contributed by atoms with Gasteiger partial charge in [0.1, 0.15) is 12.6 Å². The summed E-state index contributed by atoms with van der Waals surface area (Å²) in [6.45, 7) is 4.12. The van der Waals surface area contributed by atoms with Crippen LogP contribution in [0, 0.1) is 5.92 Å². The third-order valence-corrected chi connectivity index (χ3v) is 6.60. The van der Waals surface area contributed by atoms with E-state index < -0.39 is 30.4 Å². The van der Waals surface area contributed by atoms with Crippen LogP contribution in [0.5, 0.6) is 0 Å². The maximum atomic E-state index is 12.7. The SMILES string of the molecule is CC(C)C1(NC(=O)C(CC(=O)O)NC(=O)OCC2c3ccccc3-c3ccccc32)CC1. The minimum atomic E-state index is -1.20. The van der Waals surface area contributed by atoms with Crippen molar-refractivity contribution in [2.24, 2.45) is 5.92 Å². The van der Waals surface area contributed by atoms with Gasteiger partial charge in [-0.25, -0.2) is 4.79 Å². The molecule has 0 saturated heterocycles. The molecule has 7 heteroatoms. The summed E-state index contributed by atoms with van der Waals surface area (Å²) in [5, 5.41) is 14.6. The van der Waals surface area contributed by atoms with Crippen molar-refractivity contribution in [1.82, 2.24) is 10.6 Å². The van der Waals surface area contributed by atoms with Crippen LogP contribution in [0.15, 0.2) is 48.5 Å². The monoisotopic (exact) mass is 436 g/mol. The Bertz CT molecular complexity index is 999. The van der Waals surface area contributed by atoms with Gasteiger partial charge >= 0.3 is 12.1 Å². The van der Waals surface area contributed by atoms with E-state index in [-0.39, 0.29) is 24.0 Å². The van der Waals surface area contributed by atoms with E-state index in [4.69, 9.17) is 4.74 Å². The Morgan fingerprint density at radius 1 is 1.03 bits per heavy atom. The second kappa shape index (κ2) is 8.65. The van der Waals surface area contributed by atoms with Crippen LogP contribution in [-0.4, -0.2) is 41.3 Å². The van der Waals surface area contributed by atoms with Gasteiger partial charge in [0, 0.05) is 11.5 Å². The molecule has 0 aliphatic heterocycles. The maximum absolute atomic E-state index is 12.7. The number of hydrogen-bond acceptors (Lipinski definition) is 4. The molecule has 2 aliphatic rings. The van der Waals surface area contributed by atoms with Gasteiger partial charge in [-0.15, -0.1) is 0 Å². The highest BCUT2D eigenvalue weighted by atomic mass is 16.5. The number of ether oxygens (including phenoxy) is 1. The first-order valence-corrected chi connectivity index (χ1v) is 11.0. The van der Waals surface area contributed by atoms with Gasteiger partial charge in [0.15, 0.2) is 0 Å². The van der Waals surface area contributed by atoms with Crippen LogP contribution in [0.4, 0.5) is 4.79 Å². The molecule has 1 saturated carbocycles. The smallest absolute Gasteiger partial charge is 0.407 e. The highest BCUT2D eigenvalue weighted by Crippen LogP contribution is 2.44. The van der Waals surface area contributed by atoms with Crippen molar-refractivity contribution >= 4 is 18.0 Å². The number of alkyl carbamates (subject to hydrolysis) is 1. The molecule has 0 aromatic heterocycles. The zero-order chi connectivity index (χ0) is 22.9. The summed E-state index contributed by atoms with van der Waals surface area (Å²) >= 11 is 0. The van der Waals surface area contributed by atoms with Gasteiger partial charge in [0.05, 0.1) is 6.42 Å². The Labute approximate surface area is 187 Å². The average Bonchev–Trinajstić information content (AvgIpc) is 3.48. The number of benzene rings is 2. The summed E-state index contributed by atoms with van der Waals surface area (Å²) in [5.41, 5.74) is 4.08. The van der Waals surface area contributed by atoms with Crippen molar-refractivity contribution in [3.8, 4) is 11.1 Å². The largest absolute Gasteiger partial charge is 0.481 e. The number of aliphatic carboxylic acids is 1. The first-order valence-electron chi connectivity index (χ1n) is 11.0. The van der Waals surface area contributed by atoms with E-state index in [9.17, 15) is 19.5 Å². The molecule has 1 atom stereocenters. The molecule has 2 aliphatic carbocycles. The number of rotatable bonds is 8. The molecule has 3 N–H and O–H groups in total. The zero-order valence-corrected chi connectivity index (χ0v) is 18.3. The number of carbonyl (C=O) groups is 3. The average molecular weight is 437 g/mol. The van der Waals surface area contributed by atoms with Crippen molar-refractivity contribution in [3.63, 3.8) is 0 Å². The molecule has 7 nitrogen and oxygen atoms in total. The minimum Gasteiger partial charge on any atom is -0.481 e. The highest BCUT2D eigenvalue weighted by molar-refractivity contribution is 5.90. The Hall–Kier alpha value is -3.35. The van der Waals surface area contributed by atoms with Gasteiger partial charge in [0.2, 0.25) is 5.91 Å². The lowest BCUT2D eigenvalue weighted by molar-refractivity contribution is -0.140. The fourth-order valence-corrected chi connectivity index (χ4v) is 4.48. The van der Waals surface area contributed by atoms with E-state index in [1.807, 2.05) is 62.4 Å². The van der Waals surface area contributed by atoms with Gasteiger partial charge in [-0.1, -0.05) is 62.4 Å². The van der Waals surface area contributed by atoms with Crippen LogP contribution >= 0.6 is 0 Å². The molecule has 2 aromatic carbocycles. The lowest BCUT2D eigenvalue weighted by Crippen LogP contribution is -2.52. The molecule has 1 unspecified atom stereocenters. The van der Waals surface area contributed by atoms with Gasteiger partial charge in [-0.3, -0.25) is 9.59 Å². The number of nitrogens with one attached hydrogen (secondary N) is 2. The molecule has 2 amide bonds. The van der Waals surface area contributed by atoms with Crippen molar-refractivity contribution in [3.05, 3.63) is 59.7 Å². The van der Waals surface area contributed by atoms with E-state index in [2.05, 4.69) is 10.6 Å². The Morgan fingerprint density at radius 3 is 2.09 bits per heavy atom. The third-order valence-electron chi connectivity index (χ3n) is 6.60. The van der Waals surface area contributed by atoms with Crippen LogP contribution in [-0.2, 0) is 14.3 Å². The van der Waals surface area contributed by atoms with Crippen LogP contribution in [0.1, 0.15) is 50.2 Å². The van der Waals surface area contributed by atoms with E-state index >= 15 is 0 Å². The van der Waals surface area contributed by atoms with Crippen molar-refractivity contribution in [2.45, 2.75) is 50.6 Å². The van der Waals surface area contributed by atoms with E-state index in [1.54, 1.807) is 0 Å². The van der Waals surface area contributed by atoms with Crippen LogP contribution < -0.4 is 10.6 Å². The Morgan fingerprint density at radius 2 is 1.59 bits per heavy atom. The standard InChI is InChI=1S/C25H28N2O5/c1-15(2)25(11-12-25)27-23(30)21(13-22(28)29)26-24(31)32-14-20-18-9-5-3-7-16(18)17-8-4-6-10-19(17)20/h3-10,15,20-21H,11-14H2,1-2H3,(H,26,31)(H,27,30)(H,28,29). The Kier molecular flexibility index (Phi) is 5.91. The molecule has 168 valence electrons. The minimum absolute atomic E-state index is 0.0944. The van der Waals surface area contributed by atoms with E-state index in [0.29, 0.717) is 0 Å². The van der Waals surface area contributed by atoms with Crippen LogP contribution in [0.3, 0.4) is 0 Å². The number of hydrogen-bond donors (Lipinski definition) is 3. The predicted octanol–water partition coefficient (Wildman–Crippen LogP) is 3.67. The molecule has 2 aromatic rings. The van der Waals surface area contributed by atoms with Crippen molar-refractivity contribution in [2.75, 3.05) is 6.61 Å². The highest BCUT2D eigenvalue weighted by Gasteiger charge is 2.47. The topological polar surface area (TPSA) is 105 Å². The van der Waals surface area contributed by atoms with Gasteiger partial charge in [0.25, 0.3) is 0 Å². The van der Waals surface area contributed by atoms with Crippen molar-refractivity contribution < 1.29 is 24.2 Å². The molecule has 0 heterocycles. The first kappa shape index (κ1) is 21.9. The fourth-order valence-electron chi connectivity index (χ4n) is 4.48. The normalized spacial score (nSPS) is 16.6. The molecule has 0 spiro atoms. The van der Waals surface area contributed by atoms with Gasteiger partial charge in [-0.05, 0) is 41.0 Å². The number of carboxylic acid groups (broad SMARTS) is 1. The molecule has 0 radical (unpaired) electrons. The number of amides is 2. The lowest BCUT2D eigenvalue weighted by Gasteiger charge is -2.25. The summed E-state index contributed by atoms with van der Waals surface area (Å²) in [5.74, 6) is -1.55. The summed E-state index contributed by atoms with van der Waals surface area (Å²) < 4.78 is 5.47. The fraction of sp³-hybridized carbons (Fsp3) is 0.400. The number of carboxylic acids is 1. The van der Waals surface area contributed by atoms with Gasteiger partial charge < -0.3 is 20.5 Å². The second-order valence-corrected chi connectivity index (χ2v) is 8.92. The first-order chi connectivity index (χ1) is 15.3. The zero-order valence-electron chi connectivity index (χ0n) is 18.3. The maximum Gasteiger partial charge on any atom is 0.407 e. The predicted molar refractivity (Wildman–Crippen MR) is 119 cm³/mol. The van der Waals surface area contributed by atoms with Crippen molar-refractivity contribution in [1.29, 1.82) is 0 Å². The molecule has 1 fully saturated rings.